The molecule has 0 spiro atoms. The summed E-state index contributed by atoms with van der Waals surface area (Å²) in [7, 11) is 0. The molecule has 2 aliphatic rings. The van der Waals surface area contributed by atoms with Crippen LogP contribution in [-0.2, 0) is 22.7 Å². The van der Waals surface area contributed by atoms with E-state index >= 15 is 0 Å². The SMILES string of the molecule is NCc1cccnc1NCc1ccc2c(c1)C(=O)N(C1CCC(=O)NC1=O)C2=O. The van der Waals surface area contributed by atoms with Crippen LogP contribution in [0.25, 0.3) is 0 Å². The number of nitrogens with two attached hydrogens (primary N) is 1. The minimum atomic E-state index is -0.970. The Kier molecular flexibility index (Phi) is 4.81. The first-order valence-electron chi connectivity index (χ1n) is 9.22. The van der Waals surface area contributed by atoms with Crippen molar-refractivity contribution in [1.82, 2.24) is 15.2 Å². The average Bonchev–Trinajstić information content (AvgIpc) is 2.97. The molecule has 1 aromatic carbocycles. The number of nitrogens with zero attached hydrogens (tertiary/aromatic N) is 2. The van der Waals surface area contributed by atoms with E-state index in [9.17, 15) is 19.2 Å². The van der Waals surface area contributed by atoms with Gasteiger partial charge in [-0.3, -0.25) is 29.4 Å². The molecule has 1 aromatic heterocycles. The molecule has 1 unspecified atom stereocenters. The summed E-state index contributed by atoms with van der Waals surface area (Å²) in [6.07, 6.45) is 1.88. The second kappa shape index (κ2) is 7.44. The number of aromatic nitrogens is 1. The molecule has 3 heterocycles. The van der Waals surface area contributed by atoms with Gasteiger partial charge >= 0.3 is 0 Å². The monoisotopic (exact) mass is 393 g/mol. The highest BCUT2D eigenvalue weighted by Gasteiger charge is 2.44. The Morgan fingerprint density at radius 3 is 2.69 bits per heavy atom. The van der Waals surface area contributed by atoms with E-state index in [1.54, 1.807) is 30.5 Å². The third-order valence-corrected chi connectivity index (χ3v) is 5.08. The Bertz CT molecular complexity index is 1040. The highest BCUT2D eigenvalue weighted by molar-refractivity contribution is 6.23. The Morgan fingerprint density at radius 2 is 1.93 bits per heavy atom. The second-order valence-electron chi connectivity index (χ2n) is 6.90. The van der Waals surface area contributed by atoms with Crippen molar-refractivity contribution in [1.29, 1.82) is 0 Å². The summed E-state index contributed by atoms with van der Waals surface area (Å²) in [6.45, 7) is 0.728. The molecule has 0 saturated carbocycles. The number of fused-ring (bicyclic) bond motifs is 1. The number of amides is 4. The molecular formula is C20H19N5O4. The van der Waals surface area contributed by atoms with E-state index in [-0.39, 0.29) is 24.0 Å². The number of anilines is 1. The van der Waals surface area contributed by atoms with Gasteiger partial charge in [0.25, 0.3) is 11.8 Å². The molecule has 4 rings (SSSR count). The standard InChI is InChI=1S/C20H19N5O4/c21-9-12-2-1-7-22-17(12)23-10-11-3-4-13-14(8-11)20(29)25(19(13)28)15-5-6-16(26)24-18(15)27/h1-4,7-8,15H,5-6,9-10,21H2,(H,22,23)(H,24,26,27). The summed E-state index contributed by atoms with van der Waals surface area (Å²) < 4.78 is 0. The largest absolute Gasteiger partial charge is 0.366 e. The quantitative estimate of drug-likeness (QED) is 0.632. The summed E-state index contributed by atoms with van der Waals surface area (Å²) in [4.78, 5) is 54.2. The Labute approximate surface area is 166 Å². The average molecular weight is 393 g/mol. The van der Waals surface area contributed by atoms with Gasteiger partial charge in [0.1, 0.15) is 11.9 Å². The number of carbonyl (C=O) groups excluding carboxylic acids is 4. The number of pyridine rings is 1. The van der Waals surface area contributed by atoms with Crippen molar-refractivity contribution in [3.63, 3.8) is 0 Å². The van der Waals surface area contributed by atoms with E-state index < -0.39 is 29.7 Å². The third-order valence-electron chi connectivity index (χ3n) is 5.08. The van der Waals surface area contributed by atoms with E-state index in [0.717, 1.165) is 16.0 Å². The fourth-order valence-electron chi connectivity index (χ4n) is 3.58. The van der Waals surface area contributed by atoms with Crippen LogP contribution in [0, 0.1) is 0 Å². The van der Waals surface area contributed by atoms with Gasteiger partial charge in [0, 0.05) is 31.3 Å². The molecule has 0 aliphatic carbocycles. The first kappa shape index (κ1) is 18.8. The Balaban J connectivity index is 1.54. The molecule has 1 fully saturated rings. The minimum Gasteiger partial charge on any atom is -0.366 e. The van der Waals surface area contributed by atoms with Crippen LogP contribution in [0.15, 0.2) is 36.5 Å². The van der Waals surface area contributed by atoms with Gasteiger partial charge in [0.05, 0.1) is 11.1 Å². The van der Waals surface area contributed by atoms with Crippen LogP contribution in [0.3, 0.4) is 0 Å². The lowest BCUT2D eigenvalue weighted by Crippen LogP contribution is -2.54. The maximum absolute atomic E-state index is 12.9. The number of carbonyl (C=O) groups is 4. The molecular weight excluding hydrogens is 374 g/mol. The van der Waals surface area contributed by atoms with Gasteiger partial charge in [-0.15, -0.1) is 0 Å². The van der Waals surface area contributed by atoms with E-state index in [4.69, 9.17) is 5.73 Å². The number of hydrogen-bond donors (Lipinski definition) is 3. The number of hydrogen-bond acceptors (Lipinski definition) is 7. The van der Waals surface area contributed by atoms with Crippen molar-refractivity contribution in [3.8, 4) is 0 Å². The van der Waals surface area contributed by atoms with Crippen LogP contribution < -0.4 is 16.4 Å². The van der Waals surface area contributed by atoms with Crippen molar-refractivity contribution >= 4 is 29.4 Å². The first-order valence-corrected chi connectivity index (χ1v) is 9.22. The minimum absolute atomic E-state index is 0.0898. The van der Waals surface area contributed by atoms with Crippen LogP contribution in [0.4, 0.5) is 5.82 Å². The highest BCUT2D eigenvalue weighted by Crippen LogP contribution is 2.28. The fourth-order valence-corrected chi connectivity index (χ4v) is 3.58. The van der Waals surface area contributed by atoms with Gasteiger partial charge in [0.15, 0.2) is 0 Å². The highest BCUT2D eigenvalue weighted by atomic mass is 16.2. The summed E-state index contributed by atoms with van der Waals surface area (Å²) in [5, 5.41) is 5.37. The number of rotatable bonds is 5. The van der Waals surface area contributed by atoms with Crippen LogP contribution in [0.1, 0.15) is 44.7 Å². The number of imide groups is 2. The molecule has 0 bridgehead atoms. The smallest absolute Gasteiger partial charge is 0.262 e. The van der Waals surface area contributed by atoms with Gasteiger partial charge in [-0.1, -0.05) is 12.1 Å². The van der Waals surface area contributed by atoms with Crippen molar-refractivity contribution in [3.05, 3.63) is 58.8 Å². The lowest BCUT2D eigenvalue weighted by Gasteiger charge is -2.27. The topological polar surface area (TPSA) is 134 Å². The maximum atomic E-state index is 12.9. The zero-order chi connectivity index (χ0) is 20.5. The maximum Gasteiger partial charge on any atom is 0.262 e. The van der Waals surface area contributed by atoms with E-state index in [0.29, 0.717) is 18.9 Å². The lowest BCUT2D eigenvalue weighted by molar-refractivity contribution is -0.136. The van der Waals surface area contributed by atoms with Crippen molar-refractivity contribution in [2.24, 2.45) is 5.73 Å². The molecule has 9 heteroatoms. The molecule has 9 nitrogen and oxygen atoms in total. The van der Waals surface area contributed by atoms with Crippen LogP contribution in [-0.4, -0.2) is 39.6 Å². The normalized spacial score (nSPS) is 18.7. The molecule has 1 saturated heterocycles. The third kappa shape index (κ3) is 3.36. The van der Waals surface area contributed by atoms with Gasteiger partial charge in [-0.2, -0.15) is 0 Å². The van der Waals surface area contributed by atoms with Crippen molar-refractivity contribution in [2.45, 2.75) is 32.0 Å². The summed E-state index contributed by atoms with van der Waals surface area (Å²) in [5.74, 6) is -1.41. The molecule has 148 valence electrons. The molecule has 1 atom stereocenters. The molecule has 0 radical (unpaired) electrons. The molecule has 4 amide bonds. The van der Waals surface area contributed by atoms with Crippen LogP contribution in [0.2, 0.25) is 0 Å². The van der Waals surface area contributed by atoms with Crippen LogP contribution >= 0.6 is 0 Å². The van der Waals surface area contributed by atoms with E-state index in [1.165, 1.54) is 0 Å². The molecule has 2 aliphatic heterocycles. The van der Waals surface area contributed by atoms with Crippen LogP contribution in [0.5, 0.6) is 0 Å². The summed E-state index contributed by atoms with van der Waals surface area (Å²) in [6, 6.07) is 7.67. The fraction of sp³-hybridized carbons (Fsp3) is 0.250. The lowest BCUT2D eigenvalue weighted by atomic mass is 10.0. The zero-order valence-corrected chi connectivity index (χ0v) is 15.5. The molecule has 2 aromatic rings. The predicted octanol–water partition coefficient (Wildman–Crippen LogP) is 0.554. The van der Waals surface area contributed by atoms with Gasteiger partial charge < -0.3 is 11.1 Å². The van der Waals surface area contributed by atoms with Crippen molar-refractivity contribution in [2.75, 3.05) is 5.32 Å². The number of piperidine rings is 1. The van der Waals surface area contributed by atoms with Gasteiger partial charge in [-0.25, -0.2) is 4.98 Å². The Hall–Kier alpha value is -3.59. The van der Waals surface area contributed by atoms with E-state index in [2.05, 4.69) is 15.6 Å². The van der Waals surface area contributed by atoms with E-state index in [1.807, 2.05) is 6.07 Å². The van der Waals surface area contributed by atoms with Crippen molar-refractivity contribution < 1.29 is 19.2 Å². The predicted molar refractivity (Wildman–Crippen MR) is 103 cm³/mol. The molecule has 29 heavy (non-hydrogen) atoms. The first-order chi connectivity index (χ1) is 14.0. The van der Waals surface area contributed by atoms with Gasteiger partial charge in [0.2, 0.25) is 11.8 Å². The van der Waals surface area contributed by atoms with Gasteiger partial charge in [-0.05, 0) is 30.2 Å². The summed E-state index contributed by atoms with van der Waals surface area (Å²) >= 11 is 0. The summed E-state index contributed by atoms with van der Waals surface area (Å²) in [5.41, 5.74) is 7.86. The number of benzene rings is 1. The zero-order valence-electron chi connectivity index (χ0n) is 15.5. The second-order valence-corrected chi connectivity index (χ2v) is 6.90. The molecule has 4 N–H and O–H groups in total. The number of nitrogens with one attached hydrogen (secondary N) is 2. The Morgan fingerprint density at radius 1 is 1.14 bits per heavy atom.